The number of nitrogens with one attached hydrogen (secondary N) is 2. The van der Waals surface area contributed by atoms with Gasteiger partial charge in [-0.25, -0.2) is 0 Å². The predicted molar refractivity (Wildman–Crippen MR) is 200 cm³/mol. The Labute approximate surface area is 323 Å². The molecule has 4 aliphatic heterocycles. The molecule has 14 heteroatoms. The van der Waals surface area contributed by atoms with E-state index in [0.29, 0.717) is 67.5 Å². The first-order valence-electron chi connectivity index (χ1n) is 18.8. The summed E-state index contributed by atoms with van der Waals surface area (Å²) in [6.07, 6.45) is 4.50. The molecule has 0 bridgehead atoms. The van der Waals surface area contributed by atoms with E-state index in [1.807, 2.05) is 30.3 Å². The van der Waals surface area contributed by atoms with E-state index in [4.69, 9.17) is 21.6 Å². The number of imide groups is 2. The lowest BCUT2D eigenvalue weighted by Crippen LogP contribution is -2.54. The van der Waals surface area contributed by atoms with Crippen molar-refractivity contribution in [2.45, 2.75) is 88.2 Å². The van der Waals surface area contributed by atoms with Crippen molar-refractivity contribution >= 4 is 46.8 Å². The number of fused-ring (bicyclic) bond motifs is 2. The summed E-state index contributed by atoms with van der Waals surface area (Å²) in [6, 6.07) is 17.2. The van der Waals surface area contributed by atoms with E-state index in [9.17, 15) is 29.1 Å². The van der Waals surface area contributed by atoms with E-state index in [2.05, 4.69) is 20.4 Å². The maximum Gasteiger partial charge on any atom is 0.262 e. The number of carbonyl (C=O) groups excluding carboxylic acids is 5. The summed E-state index contributed by atoms with van der Waals surface area (Å²) in [7, 11) is 0. The zero-order valence-electron chi connectivity index (χ0n) is 30.2. The second-order valence-electron chi connectivity index (χ2n) is 15.3. The Bertz CT molecular complexity index is 2070. The number of ether oxygens (including phenoxy) is 1. The molecule has 3 aromatic carbocycles. The Morgan fingerprint density at radius 2 is 1.58 bits per heavy atom. The molecule has 8 rings (SSSR count). The largest absolute Gasteiger partial charge is 0.490 e. The summed E-state index contributed by atoms with van der Waals surface area (Å²) in [5.41, 5.74) is 3.46. The summed E-state index contributed by atoms with van der Waals surface area (Å²) >= 11 is 6.14. The quantitative estimate of drug-likeness (QED) is 0.284. The van der Waals surface area contributed by atoms with Crippen LogP contribution < -0.4 is 20.3 Å². The van der Waals surface area contributed by atoms with Gasteiger partial charge in [0.1, 0.15) is 17.9 Å². The molecule has 5 amide bonds. The van der Waals surface area contributed by atoms with Crippen molar-refractivity contribution < 1.29 is 33.8 Å². The first-order chi connectivity index (χ1) is 26.5. The molecule has 3 N–H and O–H groups in total. The van der Waals surface area contributed by atoms with Crippen molar-refractivity contribution in [3.63, 3.8) is 0 Å². The van der Waals surface area contributed by atoms with Gasteiger partial charge in [0.05, 0.1) is 33.4 Å². The molecule has 284 valence electrons. The lowest BCUT2D eigenvalue weighted by Gasteiger charge is -2.41. The molecule has 1 aliphatic carbocycles. The molecule has 55 heavy (non-hydrogen) atoms. The highest BCUT2D eigenvalue weighted by Gasteiger charge is 2.46. The van der Waals surface area contributed by atoms with Gasteiger partial charge in [-0.3, -0.25) is 39.1 Å². The van der Waals surface area contributed by atoms with Crippen LogP contribution in [0.3, 0.4) is 0 Å². The van der Waals surface area contributed by atoms with Crippen LogP contribution in [-0.4, -0.2) is 87.9 Å². The zero-order valence-corrected chi connectivity index (χ0v) is 30.9. The third kappa shape index (κ3) is 7.42. The Balaban J connectivity index is 0.797. The minimum atomic E-state index is -0.999. The summed E-state index contributed by atoms with van der Waals surface area (Å²) in [4.78, 5) is 69.0. The van der Waals surface area contributed by atoms with Crippen molar-refractivity contribution in [1.29, 1.82) is 5.26 Å². The standard InChI is InChI=1S/C41H41ClN6O7/c42-34-19-31(8-3-25(34)20-43)55-30-9-4-28(5-10-30)44-37(50)24-1-6-29(7-2-24)47-15-13-41(54,14-16-47)23-46-21-26-17-32-33(18-27(26)22-46)40(53)48(39(32)52)35-11-12-36(49)45-38(35)51/h1-3,6-8,17-19,28,30,35,54H,4-5,9-16,21-23H2,(H,44,50)(H,45,49,51). The number of benzene rings is 3. The number of aliphatic hydroxyl groups is 1. The molecule has 0 spiro atoms. The molecule has 1 saturated carbocycles. The van der Waals surface area contributed by atoms with Crippen molar-refractivity contribution in [3.8, 4) is 11.8 Å². The van der Waals surface area contributed by atoms with Crippen LogP contribution in [0.2, 0.25) is 5.02 Å². The number of anilines is 1. The Hall–Kier alpha value is -5.29. The van der Waals surface area contributed by atoms with Crippen molar-refractivity contribution in [2.24, 2.45) is 0 Å². The molecule has 3 fully saturated rings. The lowest BCUT2D eigenvalue weighted by molar-refractivity contribution is -0.136. The summed E-state index contributed by atoms with van der Waals surface area (Å²) in [6.45, 7) is 2.80. The highest BCUT2D eigenvalue weighted by atomic mass is 35.5. The Kier molecular flexibility index (Phi) is 9.83. The molecule has 3 aromatic rings. The monoisotopic (exact) mass is 764 g/mol. The maximum absolute atomic E-state index is 13.3. The number of amides is 5. The van der Waals surface area contributed by atoms with Crippen LogP contribution in [0.25, 0.3) is 0 Å². The van der Waals surface area contributed by atoms with Crippen LogP contribution in [0.4, 0.5) is 5.69 Å². The van der Waals surface area contributed by atoms with Gasteiger partial charge in [-0.2, -0.15) is 5.26 Å². The van der Waals surface area contributed by atoms with Gasteiger partial charge in [-0.05, 0) is 105 Å². The van der Waals surface area contributed by atoms with E-state index >= 15 is 0 Å². The van der Waals surface area contributed by atoms with Crippen LogP contribution in [0.15, 0.2) is 54.6 Å². The molecule has 0 radical (unpaired) electrons. The van der Waals surface area contributed by atoms with Crippen molar-refractivity contribution in [3.05, 3.63) is 93.0 Å². The second kappa shape index (κ2) is 14.7. The van der Waals surface area contributed by atoms with Crippen LogP contribution in [0.5, 0.6) is 5.75 Å². The third-order valence-corrected chi connectivity index (χ3v) is 11.9. The number of nitriles is 1. The Morgan fingerprint density at radius 3 is 2.18 bits per heavy atom. The highest BCUT2D eigenvalue weighted by molar-refractivity contribution is 6.31. The van der Waals surface area contributed by atoms with E-state index in [0.717, 1.165) is 47.4 Å². The first-order valence-corrected chi connectivity index (χ1v) is 19.2. The van der Waals surface area contributed by atoms with Gasteiger partial charge in [0, 0.05) is 62.5 Å². The summed E-state index contributed by atoms with van der Waals surface area (Å²) in [5.74, 6) is -1.55. The molecule has 13 nitrogen and oxygen atoms in total. The molecule has 1 atom stereocenters. The SMILES string of the molecule is N#Cc1ccc(OC2CCC(NC(=O)c3ccc(N4CCC(O)(CN5Cc6cc7c(cc6C5)C(=O)N(C5CCC(=O)NC5=O)C7=O)CC4)cc3)CC2)cc1Cl. The van der Waals surface area contributed by atoms with E-state index < -0.39 is 35.3 Å². The van der Waals surface area contributed by atoms with Gasteiger partial charge in [0.2, 0.25) is 11.8 Å². The second-order valence-corrected chi connectivity index (χ2v) is 15.7. The van der Waals surface area contributed by atoms with Gasteiger partial charge in [-0.1, -0.05) is 11.6 Å². The minimum Gasteiger partial charge on any atom is -0.490 e. The topological polar surface area (TPSA) is 172 Å². The highest BCUT2D eigenvalue weighted by Crippen LogP contribution is 2.36. The van der Waals surface area contributed by atoms with Gasteiger partial charge in [0.25, 0.3) is 17.7 Å². The number of hydrogen-bond acceptors (Lipinski definition) is 10. The zero-order chi connectivity index (χ0) is 38.4. The van der Waals surface area contributed by atoms with Crippen molar-refractivity contribution in [1.82, 2.24) is 20.4 Å². The van der Waals surface area contributed by atoms with E-state index in [1.54, 1.807) is 30.3 Å². The number of β-amino-alcohol motifs (C(OH)–C–C–N with tert-alkyl or cyclic N) is 1. The van der Waals surface area contributed by atoms with Gasteiger partial charge in [0.15, 0.2) is 0 Å². The number of piperidine rings is 2. The number of hydrogen-bond donors (Lipinski definition) is 3. The number of nitrogens with zero attached hydrogens (tertiary/aromatic N) is 4. The molecule has 5 aliphatic rings. The lowest BCUT2D eigenvalue weighted by atomic mass is 9.90. The maximum atomic E-state index is 13.3. The van der Waals surface area contributed by atoms with Gasteiger partial charge in [-0.15, -0.1) is 0 Å². The predicted octanol–water partition coefficient (Wildman–Crippen LogP) is 4.08. The van der Waals surface area contributed by atoms with Gasteiger partial charge < -0.3 is 20.1 Å². The van der Waals surface area contributed by atoms with Crippen molar-refractivity contribution in [2.75, 3.05) is 24.5 Å². The first kappa shape index (κ1) is 36.7. The molecular formula is C41H41ClN6O7. The number of halogens is 1. The van der Waals surface area contributed by atoms with Crippen LogP contribution in [0, 0.1) is 11.3 Å². The van der Waals surface area contributed by atoms with Crippen LogP contribution in [0.1, 0.15) is 99.1 Å². The smallest absolute Gasteiger partial charge is 0.262 e. The fourth-order valence-corrected chi connectivity index (χ4v) is 8.79. The molecule has 1 unspecified atom stereocenters. The fourth-order valence-electron chi connectivity index (χ4n) is 8.58. The summed E-state index contributed by atoms with van der Waals surface area (Å²) in [5, 5.41) is 26.5. The normalized spacial score (nSPS) is 23.5. The van der Waals surface area contributed by atoms with Crippen LogP contribution >= 0.6 is 11.6 Å². The van der Waals surface area contributed by atoms with Crippen LogP contribution in [-0.2, 0) is 22.7 Å². The third-order valence-electron chi connectivity index (χ3n) is 11.6. The molecule has 4 heterocycles. The fraction of sp³-hybridized carbons (Fsp3) is 0.415. The Morgan fingerprint density at radius 1 is 0.927 bits per heavy atom. The van der Waals surface area contributed by atoms with Gasteiger partial charge >= 0.3 is 0 Å². The molecule has 0 aromatic heterocycles. The van der Waals surface area contributed by atoms with E-state index in [-0.39, 0.29) is 42.0 Å². The molecule has 2 saturated heterocycles. The number of carbonyl (C=O) groups is 5. The van der Waals surface area contributed by atoms with E-state index in [1.165, 1.54) is 0 Å². The average molecular weight is 765 g/mol. The molecular weight excluding hydrogens is 724 g/mol. The minimum absolute atomic E-state index is 0.0201. The summed E-state index contributed by atoms with van der Waals surface area (Å²) < 4.78 is 6.08. The average Bonchev–Trinajstić information content (AvgIpc) is 3.67. The number of rotatable bonds is 8.